The van der Waals surface area contributed by atoms with E-state index in [1.807, 2.05) is 24.3 Å². The molecule has 2 aromatic carbocycles. The lowest BCUT2D eigenvalue weighted by Gasteiger charge is -2.19. The number of rotatable bonds is 2. The van der Waals surface area contributed by atoms with Crippen molar-refractivity contribution in [2.45, 2.75) is 18.4 Å². The Bertz CT molecular complexity index is 814. The molecular weight excluding hydrogens is 272 g/mol. The van der Waals surface area contributed by atoms with Crippen molar-refractivity contribution in [2.75, 3.05) is 0 Å². The van der Waals surface area contributed by atoms with Crippen molar-refractivity contribution in [2.24, 2.45) is 0 Å². The fourth-order valence-electron chi connectivity index (χ4n) is 3.07. The molecule has 0 amide bonds. The van der Waals surface area contributed by atoms with E-state index >= 15 is 0 Å². The molecule has 3 nitrogen and oxygen atoms in total. The summed E-state index contributed by atoms with van der Waals surface area (Å²) < 4.78 is 0. The minimum atomic E-state index is -0.684. The fourth-order valence-corrected chi connectivity index (χ4v) is 3.07. The average molecular weight is 284 g/mol. The largest absolute Gasteiger partial charge is 0.391 e. The molecule has 2 aromatic rings. The number of nitriles is 1. The van der Waals surface area contributed by atoms with Gasteiger partial charge in [0.25, 0.3) is 0 Å². The van der Waals surface area contributed by atoms with Gasteiger partial charge in [0.1, 0.15) is 0 Å². The number of hydrogen-bond acceptors (Lipinski definition) is 2. The molecule has 2 atom stereocenters. The molecule has 1 N–H and O–H groups in total. The maximum atomic E-state index is 10.4. The van der Waals surface area contributed by atoms with Crippen LogP contribution in [-0.2, 0) is 0 Å². The summed E-state index contributed by atoms with van der Waals surface area (Å²) in [5.41, 5.74) is 4.82. The van der Waals surface area contributed by atoms with E-state index in [2.05, 4.69) is 16.8 Å². The maximum Gasteiger partial charge on any atom is 0.187 e. The number of fused-ring (bicyclic) bond motifs is 3. The normalized spacial score (nSPS) is 15.8. The number of hydrogen-bond donors (Lipinski definition) is 1. The van der Waals surface area contributed by atoms with Crippen molar-refractivity contribution < 1.29 is 5.11 Å². The van der Waals surface area contributed by atoms with Gasteiger partial charge < -0.3 is 5.11 Å². The molecule has 0 heterocycles. The van der Waals surface area contributed by atoms with Crippen LogP contribution >= 0.6 is 0 Å². The van der Waals surface area contributed by atoms with Gasteiger partial charge in [0.15, 0.2) is 5.69 Å². The van der Waals surface area contributed by atoms with E-state index in [1.54, 1.807) is 12.1 Å². The van der Waals surface area contributed by atoms with Gasteiger partial charge in [-0.1, -0.05) is 18.2 Å². The second kappa shape index (κ2) is 5.38. The Balaban J connectivity index is 2.25. The molecule has 0 saturated carbocycles. The molecule has 0 spiro atoms. The van der Waals surface area contributed by atoms with Gasteiger partial charge in [0.2, 0.25) is 0 Å². The molecule has 0 bridgehead atoms. The minimum absolute atomic E-state index is 0.214. The van der Waals surface area contributed by atoms with Crippen LogP contribution in [0.25, 0.3) is 16.0 Å². The Labute approximate surface area is 129 Å². The molecule has 0 fully saturated rings. The first-order chi connectivity index (χ1) is 10.7. The van der Waals surface area contributed by atoms with Crippen LogP contribution in [0.2, 0.25) is 0 Å². The van der Waals surface area contributed by atoms with Crippen LogP contribution < -0.4 is 0 Å². The average Bonchev–Trinajstić information content (AvgIpc) is 2.87. The molecule has 0 aromatic heterocycles. The van der Waals surface area contributed by atoms with Crippen molar-refractivity contribution in [3.8, 4) is 29.5 Å². The number of aliphatic hydroxyl groups is 1. The van der Waals surface area contributed by atoms with Crippen molar-refractivity contribution in [3.63, 3.8) is 0 Å². The molecule has 3 rings (SSSR count). The lowest BCUT2D eigenvalue weighted by atomic mass is 9.89. The van der Waals surface area contributed by atoms with E-state index < -0.39 is 6.10 Å². The third kappa shape index (κ3) is 2.04. The van der Waals surface area contributed by atoms with Gasteiger partial charge in [-0.15, -0.1) is 12.3 Å². The summed E-state index contributed by atoms with van der Waals surface area (Å²) in [7, 11) is 0. The molecule has 1 aliphatic rings. The van der Waals surface area contributed by atoms with Crippen LogP contribution in [0.1, 0.15) is 29.0 Å². The molecule has 0 radical (unpaired) electrons. The van der Waals surface area contributed by atoms with Crippen molar-refractivity contribution in [1.29, 1.82) is 5.26 Å². The number of aliphatic hydroxyl groups excluding tert-OH is 1. The molecule has 22 heavy (non-hydrogen) atoms. The Kier molecular flexibility index (Phi) is 3.40. The Morgan fingerprint density at radius 2 is 1.91 bits per heavy atom. The monoisotopic (exact) mass is 284 g/mol. The molecule has 2 unspecified atom stereocenters. The predicted octanol–water partition coefficient (Wildman–Crippen LogP) is 3.61. The SMILES string of the molecule is [C-]#[N+]c1ccc2c(c1)-c1cc(C#N)ccc1C2C(O)CC#C. The molecule has 104 valence electrons. The third-order valence-corrected chi connectivity index (χ3v) is 4.02. The van der Waals surface area contributed by atoms with Crippen molar-refractivity contribution in [1.82, 2.24) is 0 Å². The first-order valence-corrected chi connectivity index (χ1v) is 6.87. The smallest absolute Gasteiger partial charge is 0.187 e. The summed E-state index contributed by atoms with van der Waals surface area (Å²) in [6, 6.07) is 13.0. The minimum Gasteiger partial charge on any atom is -0.391 e. The van der Waals surface area contributed by atoms with Gasteiger partial charge >= 0.3 is 0 Å². The van der Waals surface area contributed by atoms with Crippen LogP contribution in [0.4, 0.5) is 5.69 Å². The van der Waals surface area contributed by atoms with Crippen molar-refractivity contribution in [3.05, 3.63) is 64.5 Å². The molecule has 1 aliphatic carbocycles. The fraction of sp³-hybridized carbons (Fsp3) is 0.158. The Morgan fingerprint density at radius 1 is 1.23 bits per heavy atom. The highest BCUT2D eigenvalue weighted by Gasteiger charge is 2.33. The highest BCUT2D eigenvalue weighted by molar-refractivity contribution is 5.82. The zero-order chi connectivity index (χ0) is 15.7. The summed E-state index contributed by atoms with van der Waals surface area (Å²) in [5.74, 6) is 2.29. The van der Waals surface area contributed by atoms with Crippen LogP contribution in [0.3, 0.4) is 0 Å². The summed E-state index contributed by atoms with van der Waals surface area (Å²) in [6.45, 7) is 7.17. The first-order valence-electron chi connectivity index (χ1n) is 6.87. The highest BCUT2D eigenvalue weighted by atomic mass is 16.3. The summed E-state index contributed by atoms with van der Waals surface area (Å²) in [5, 5.41) is 19.5. The highest BCUT2D eigenvalue weighted by Crippen LogP contribution is 2.48. The van der Waals surface area contributed by atoms with Crippen molar-refractivity contribution >= 4 is 5.69 Å². The first kappa shape index (κ1) is 13.9. The van der Waals surface area contributed by atoms with Crippen LogP contribution in [0, 0.1) is 30.2 Å². The van der Waals surface area contributed by atoms with E-state index in [9.17, 15) is 5.11 Å². The maximum absolute atomic E-state index is 10.4. The van der Waals surface area contributed by atoms with E-state index in [1.165, 1.54) is 0 Å². The van der Waals surface area contributed by atoms with Crippen LogP contribution in [0.15, 0.2) is 36.4 Å². The zero-order valence-corrected chi connectivity index (χ0v) is 11.7. The Morgan fingerprint density at radius 3 is 2.55 bits per heavy atom. The van der Waals surface area contributed by atoms with E-state index in [0.717, 1.165) is 22.3 Å². The third-order valence-electron chi connectivity index (χ3n) is 4.02. The number of terminal acetylenes is 1. The zero-order valence-electron chi connectivity index (χ0n) is 11.7. The van der Waals surface area contributed by atoms with Gasteiger partial charge in [0.05, 0.1) is 24.3 Å². The molecule has 3 heteroatoms. The number of nitrogens with zero attached hydrogens (tertiary/aromatic N) is 2. The summed E-state index contributed by atoms with van der Waals surface area (Å²) in [4.78, 5) is 3.46. The van der Waals surface area contributed by atoms with Gasteiger partial charge in [-0.25, -0.2) is 4.85 Å². The van der Waals surface area contributed by atoms with E-state index in [0.29, 0.717) is 11.3 Å². The van der Waals surface area contributed by atoms with Crippen LogP contribution in [0.5, 0.6) is 0 Å². The lowest BCUT2D eigenvalue weighted by molar-refractivity contribution is 0.163. The van der Waals surface area contributed by atoms with Crippen LogP contribution in [-0.4, -0.2) is 11.2 Å². The van der Waals surface area contributed by atoms with E-state index in [-0.39, 0.29) is 12.3 Å². The summed E-state index contributed by atoms with van der Waals surface area (Å²) in [6.07, 6.45) is 4.91. The van der Waals surface area contributed by atoms with Gasteiger partial charge in [-0.3, -0.25) is 0 Å². The molecule has 0 aliphatic heterocycles. The lowest BCUT2D eigenvalue weighted by Crippen LogP contribution is -2.17. The molecular formula is C19H12N2O. The summed E-state index contributed by atoms with van der Waals surface area (Å²) >= 11 is 0. The molecule has 0 saturated heterocycles. The quantitative estimate of drug-likeness (QED) is 0.676. The van der Waals surface area contributed by atoms with Gasteiger partial charge in [-0.05, 0) is 40.5 Å². The second-order valence-corrected chi connectivity index (χ2v) is 5.25. The van der Waals surface area contributed by atoms with Gasteiger partial charge in [0, 0.05) is 12.3 Å². The predicted molar refractivity (Wildman–Crippen MR) is 84.2 cm³/mol. The topological polar surface area (TPSA) is 48.4 Å². The number of benzene rings is 2. The standard InChI is InChI=1S/C19H12N2O/c1-3-4-18(22)19-14-7-5-12(11-20)9-16(14)17-10-13(21-2)6-8-15(17)19/h1,5-10,18-19,22H,4H2. The van der Waals surface area contributed by atoms with E-state index in [4.69, 9.17) is 18.3 Å². The second-order valence-electron chi connectivity index (χ2n) is 5.25. The van der Waals surface area contributed by atoms with Gasteiger partial charge in [-0.2, -0.15) is 5.26 Å². The Hall–Kier alpha value is -3.06.